The number of hydrogen-bond acceptors (Lipinski definition) is 4. The molecule has 0 bridgehead atoms. The Hall–Kier alpha value is -4.19. The van der Waals surface area contributed by atoms with Crippen molar-refractivity contribution in [3.63, 3.8) is 0 Å². The van der Waals surface area contributed by atoms with E-state index in [1.165, 1.54) is 66.8 Å². The first-order chi connectivity index (χ1) is 41.1. The van der Waals surface area contributed by atoms with Crippen LogP contribution in [0.5, 0.6) is 0 Å². The van der Waals surface area contributed by atoms with E-state index in [2.05, 4.69) is 173 Å². The van der Waals surface area contributed by atoms with E-state index in [4.69, 9.17) is 0 Å². The van der Waals surface area contributed by atoms with Crippen LogP contribution in [-0.4, -0.2) is 75.0 Å². The molecule has 10 rings (SSSR count). The van der Waals surface area contributed by atoms with Crippen LogP contribution in [0.25, 0.3) is 44.5 Å². The molecule has 0 saturated heterocycles. The van der Waals surface area contributed by atoms with Crippen molar-refractivity contribution >= 4 is 0 Å². The molecule has 0 spiro atoms. The third-order valence-corrected chi connectivity index (χ3v) is 12.5. The third-order valence-electron chi connectivity index (χ3n) is 12.5. The molecular weight excluding hydrogens is 1190 g/mol. The van der Waals surface area contributed by atoms with Crippen molar-refractivity contribution in [3.05, 3.63) is 239 Å². The van der Waals surface area contributed by atoms with Crippen molar-refractivity contribution in [3.8, 4) is 44.5 Å². The van der Waals surface area contributed by atoms with Gasteiger partial charge in [0, 0.05) is 91.6 Å². The van der Waals surface area contributed by atoms with Gasteiger partial charge in [-0.15, -0.1) is 24.3 Å². The van der Waals surface area contributed by atoms with Crippen LogP contribution in [0.1, 0.15) is 169 Å². The van der Waals surface area contributed by atoms with E-state index in [-0.39, 0.29) is 65.4 Å². The third kappa shape index (κ3) is 31.3. The minimum Gasteiger partial charge on any atom is -0.305 e. The molecule has 0 saturated carbocycles. The summed E-state index contributed by atoms with van der Waals surface area (Å²) in [6.07, 6.45) is 2.16. The Bertz CT molecular complexity index is 2650. The molecule has 0 unspecified atom stereocenters. The van der Waals surface area contributed by atoms with Crippen LogP contribution < -0.4 is 0 Å². The van der Waals surface area contributed by atoms with E-state index in [1.807, 2.05) is 208 Å². The van der Waals surface area contributed by atoms with Gasteiger partial charge in [-0.25, -0.2) is 22.3 Å². The average Bonchev–Trinajstić information content (AvgIpc) is 2.18. The monoisotopic (exact) mass is 1310 g/mol. The van der Waals surface area contributed by atoms with Crippen LogP contribution in [0.3, 0.4) is 0 Å². The van der Waals surface area contributed by atoms with Crippen LogP contribution in [0.15, 0.2) is 170 Å². The van der Waals surface area contributed by atoms with Crippen molar-refractivity contribution in [2.45, 2.75) is 164 Å². The first kappa shape index (κ1) is 88.2. The maximum Gasteiger partial charge on any atom is 0.0233 e. The summed E-state index contributed by atoms with van der Waals surface area (Å²) in [7, 11) is 12.9. The topological polar surface area (TPSA) is 13.0 Å². The Morgan fingerprint density at radius 2 is 0.686 bits per heavy atom. The normalized spacial score (nSPS) is 9.81. The molecule has 0 aliphatic heterocycles. The Kier molecular flexibility index (Phi) is 57.5. The van der Waals surface area contributed by atoms with Crippen molar-refractivity contribution in [1.82, 2.24) is 19.6 Å². The summed E-state index contributed by atoms with van der Waals surface area (Å²) >= 11 is 0. The first-order valence-corrected chi connectivity index (χ1v) is 32.1. The molecule has 2 radical (unpaired) electrons. The van der Waals surface area contributed by atoms with Crippen molar-refractivity contribution < 1.29 is 65.4 Å². The van der Waals surface area contributed by atoms with Gasteiger partial charge in [-0.3, -0.25) is 0 Å². The van der Waals surface area contributed by atoms with E-state index in [0.717, 1.165) is 74.4 Å². The van der Waals surface area contributed by atoms with E-state index in [1.54, 1.807) is 0 Å². The van der Waals surface area contributed by atoms with Crippen molar-refractivity contribution in [2.24, 2.45) is 0 Å². The molecule has 8 aromatic rings. The van der Waals surface area contributed by atoms with Gasteiger partial charge in [0.25, 0.3) is 0 Å². The van der Waals surface area contributed by atoms with E-state index in [0.29, 0.717) is 0 Å². The molecule has 6 heteroatoms. The molecule has 86 heavy (non-hydrogen) atoms. The Morgan fingerprint density at radius 3 is 1.05 bits per heavy atom. The van der Waals surface area contributed by atoms with E-state index in [9.17, 15) is 0 Å². The second kappa shape index (κ2) is 56.1. The summed E-state index contributed by atoms with van der Waals surface area (Å²) in [6.45, 7) is 42.7. The maximum atomic E-state index is 3.15. The van der Waals surface area contributed by atoms with Crippen LogP contribution in [0, 0.1) is 24.3 Å². The summed E-state index contributed by atoms with van der Waals surface area (Å²) in [6, 6.07) is 71.8. The van der Waals surface area contributed by atoms with E-state index >= 15 is 0 Å². The number of hydrogen-bond donors (Lipinski definition) is 0. The molecule has 466 valence electrons. The van der Waals surface area contributed by atoms with Gasteiger partial charge < -0.3 is 19.6 Å². The largest absolute Gasteiger partial charge is 0.305 e. The molecule has 0 heterocycles. The first-order valence-electron chi connectivity index (χ1n) is 32.1. The van der Waals surface area contributed by atoms with Gasteiger partial charge in [0.15, 0.2) is 0 Å². The van der Waals surface area contributed by atoms with Gasteiger partial charge in [0.2, 0.25) is 0 Å². The van der Waals surface area contributed by atoms with Gasteiger partial charge in [0.05, 0.1) is 0 Å². The average molecular weight is 1310 g/mol. The molecular formula is C80H116N4Y2-4. The second-order valence-corrected chi connectivity index (χ2v) is 18.5. The van der Waals surface area contributed by atoms with Crippen LogP contribution in [0.4, 0.5) is 0 Å². The standard InChI is InChI=1S/2C20H26N2.2C12H8.8C2H6.2Y/c1-5-22(4)14-16-7-9-20-18(11-16)12-17-10-15(13-21(2)3)6-8-19(17)20;1-5-22(4)14-16-9-7-11-18-19(16)12-15-8-6-10-17(20(15)18)13-21(2)3;2*1-3-7-11(8-4-1)12-9-5-2-6-10-12;8*1-2;;/h2*6-11H,5,12-14H2,1-4H3;2*1-7,9H;8*1-2H3;;/q;;2*-2;;;;;;;;;;. The van der Waals surface area contributed by atoms with Gasteiger partial charge in [0.1, 0.15) is 0 Å². The fourth-order valence-electron chi connectivity index (χ4n) is 8.98. The molecule has 8 aromatic carbocycles. The summed E-state index contributed by atoms with van der Waals surface area (Å²) < 4.78 is 0. The zero-order valence-corrected chi connectivity index (χ0v) is 64.4. The van der Waals surface area contributed by atoms with Gasteiger partial charge in [-0.2, -0.15) is 97.1 Å². The van der Waals surface area contributed by atoms with Crippen molar-refractivity contribution in [1.29, 1.82) is 0 Å². The molecule has 2 aliphatic rings. The van der Waals surface area contributed by atoms with Crippen LogP contribution in [0.2, 0.25) is 0 Å². The molecule has 0 amide bonds. The second-order valence-electron chi connectivity index (χ2n) is 18.5. The Morgan fingerprint density at radius 1 is 0.326 bits per heavy atom. The zero-order chi connectivity index (χ0) is 63.8. The van der Waals surface area contributed by atoms with Crippen LogP contribution in [-0.2, 0) is 104 Å². The zero-order valence-electron chi connectivity index (χ0n) is 58.8. The van der Waals surface area contributed by atoms with E-state index < -0.39 is 0 Å². The minimum atomic E-state index is 0. The maximum absolute atomic E-state index is 3.15. The summed E-state index contributed by atoms with van der Waals surface area (Å²) in [5.41, 5.74) is 21.9. The van der Waals surface area contributed by atoms with Crippen LogP contribution >= 0.6 is 0 Å². The molecule has 0 atom stereocenters. The molecule has 0 aromatic heterocycles. The predicted molar refractivity (Wildman–Crippen MR) is 378 cm³/mol. The number of fused-ring (bicyclic) bond motifs is 6. The fraction of sp³-hybridized carbons (Fsp3) is 0.400. The van der Waals surface area contributed by atoms with Gasteiger partial charge in [-0.1, -0.05) is 197 Å². The summed E-state index contributed by atoms with van der Waals surface area (Å²) in [5.74, 6) is 0. The van der Waals surface area contributed by atoms with Gasteiger partial charge in [-0.05, 0) is 135 Å². The summed E-state index contributed by atoms with van der Waals surface area (Å²) in [4.78, 5) is 9.20. The minimum absolute atomic E-state index is 0. The summed E-state index contributed by atoms with van der Waals surface area (Å²) in [5, 5.41) is 0. The van der Waals surface area contributed by atoms with Crippen molar-refractivity contribution in [2.75, 3.05) is 55.4 Å². The number of benzene rings is 8. The molecule has 0 N–H and O–H groups in total. The fourth-order valence-corrected chi connectivity index (χ4v) is 8.98. The quantitative estimate of drug-likeness (QED) is 0.113. The molecule has 4 nitrogen and oxygen atoms in total. The number of rotatable bonds is 12. The Balaban J connectivity index is -0.000000491. The SMILES string of the molecule is CC.CC.CC.CC.CC.CC.CC.CC.CCN(C)Cc1ccc2c(c1)Cc1cc(CN(C)C)ccc1-2.CCN(C)Cc1cccc2c1Cc1cccc(CN(C)C)c1-2.[Y].[Y].[c-]1ccccc1-c1[c-]cccc1.[c-]1ccccc1-c1[c-]cccc1. The Labute approximate surface area is 581 Å². The smallest absolute Gasteiger partial charge is 0.0233 e. The molecule has 0 fully saturated rings. The number of nitrogens with zero attached hydrogens (tertiary/aromatic N) is 4. The molecule has 2 aliphatic carbocycles. The predicted octanol–water partition coefficient (Wildman–Crippen LogP) is 21.7. The van der Waals surface area contributed by atoms with Gasteiger partial charge >= 0.3 is 0 Å².